The number of nitrogens with one attached hydrogen (secondary N) is 2. The van der Waals surface area contributed by atoms with Gasteiger partial charge in [0, 0.05) is 6.54 Å². The number of hydrogen-bond donors (Lipinski definition) is 2. The van der Waals surface area contributed by atoms with Crippen molar-refractivity contribution >= 4 is 21.4 Å². The van der Waals surface area contributed by atoms with Crippen molar-refractivity contribution in [2.75, 3.05) is 25.5 Å². The molecule has 31 heavy (non-hydrogen) atoms. The molecule has 0 saturated heterocycles. The van der Waals surface area contributed by atoms with Crippen molar-refractivity contribution in [1.29, 1.82) is 0 Å². The van der Waals surface area contributed by atoms with E-state index >= 15 is 0 Å². The molecule has 0 atom stereocenters. The van der Waals surface area contributed by atoms with Gasteiger partial charge in [0.2, 0.25) is 15.7 Å². The zero-order valence-electron chi connectivity index (χ0n) is 17.0. The van der Waals surface area contributed by atoms with Gasteiger partial charge in [-0.25, -0.2) is 12.8 Å². The number of anilines is 1. The minimum Gasteiger partial charge on any atom is -0.497 e. The predicted molar refractivity (Wildman–Crippen MR) is 116 cm³/mol. The number of carbonyl (C=O) groups excluding carboxylic acids is 1. The van der Waals surface area contributed by atoms with Crippen LogP contribution in [0.15, 0.2) is 82.6 Å². The fourth-order valence-electron chi connectivity index (χ4n) is 2.96. The number of halogens is 1. The fourth-order valence-corrected chi connectivity index (χ4v) is 4.33. The Morgan fingerprint density at radius 2 is 1.68 bits per heavy atom. The summed E-state index contributed by atoms with van der Waals surface area (Å²) >= 11 is 0. The van der Waals surface area contributed by atoms with Crippen LogP contribution in [0.2, 0.25) is 0 Å². The largest absolute Gasteiger partial charge is 0.497 e. The lowest BCUT2D eigenvalue weighted by Crippen LogP contribution is -2.31. The van der Waals surface area contributed by atoms with Crippen LogP contribution in [0.5, 0.6) is 5.75 Å². The molecule has 0 unspecified atom stereocenters. The van der Waals surface area contributed by atoms with Gasteiger partial charge in [-0.1, -0.05) is 36.4 Å². The van der Waals surface area contributed by atoms with Crippen molar-refractivity contribution in [3.8, 4) is 5.75 Å². The second-order valence-electron chi connectivity index (χ2n) is 6.74. The van der Waals surface area contributed by atoms with Crippen LogP contribution in [0.1, 0.15) is 5.56 Å². The smallest absolute Gasteiger partial charge is 0.239 e. The molecule has 2 N–H and O–H groups in total. The van der Waals surface area contributed by atoms with Crippen LogP contribution in [0, 0.1) is 5.82 Å². The van der Waals surface area contributed by atoms with Crippen LogP contribution in [0.4, 0.5) is 10.1 Å². The third-order valence-electron chi connectivity index (χ3n) is 4.64. The first-order valence-electron chi connectivity index (χ1n) is 9.64. The topological polar surface area (TPSA) is 84.5 Å². The molecular formula is C23H23FN2O4S. The van der Waals surface area contributed by atoms with Gasteiger partial charge in [0.15, 0.2) is 5.82 Å². The van der Waals surface area contributed by atoms with Crippen molar-refractivity contribution in [2.45, 2.75) is 16.2 Å². The molecule has 0 bridgehead atoms. The van der Waals surface area contributed by atoms with E-state index in [9.17, 15) is 17.6 Å². The Balaban J connectivity index is 1.58. The Bertz CT molecular complexity index is 1130. The van der Waals surface area contributed by atoms with Crippen molar-refractivity contribution < 1.29 is 22.3 Å². The second-order valence-corrected chi connectivity index (χ2v) is 8.65. The van der Waals surface area contributed by atoms with E-state index in [1.165, 1.54) is 30.3 Å². The summed E-state index contributed by atoms with van der Waals surface area (Å²) in [6.45, 7) is 0.228. The lowest BCUT2D eigenvalue weighted by atomic mass is 10.1. The van der Waals surface area contributed by atoms with Gasteiger partial charge in [-0.3, -0.25) is 4.79 Å². The van der Waals surface area contributed by atoms with E-state index in [2.05, 4.69) is 10.6 Å². The Hall–Kier alpha value is -3.39. The third kappa shape index (κ3) is 5.61. The molecule has 0 aliphatic rings. The first-order valence-corrected chi connectivity index (χ1v) is 11.1. The molecule has 0 radical (unpaired) electrons. The molecule has 3 aromatic rings. The number of methoxy groups -OCH3 is 1. The lowest BCUT2D eigenvalue weighted by molar-refractivity contribution is -0.119. The Labute approximate surface area is 181 Å². The van der Waals surface area contributed by atoms with E-state index in [0.29, 0.717) is 13.0 Å². The van der Waals surface area contributed by atoms with E-state index in [0.717, 1.165) is 11.3 Å². The fraction of sp³-hybridized carbons (Fsp3) is 0.174. The number of amides is 1. The Morgan fingerprint density at radius 1 is 0.968 bits per heavy atom. The molecule has 6 nitrogen and oxygen atoms in total. The monoisotopic (exact) mass is 442 g/mol. The van der Waals surface area contributed by atoms with Gasteiger partial charge >= 0.3 is 0 Å². The van der Waals surface area contributed by atoms with Crippen LogP contribution in [-0.4, -0.2) is 34.5 Å². The summed E-state index contributed by atoms with van der Waals surface area (Å²) in [6.07, 6.45) is 0.634. The maximum atomic E-state index is 14.9. The lowest BCUT2D eigenvalue weighted by Gasteiger charge is -2.12. The molecule has 0 fully saturated rings. The molecule has 8 heteroatoms. The summed E-state index contributed by atoms with van der Waals surface area (Å²) in [5, 5.41) is 5.42. The van der Waals surface area contributed by atoms with Gasteiger partial charge in [0.05, 0.1) is 24.2 Å². The van der Waals surface area contributed by atoms with E-state index in [1.54, 1.807) is 25.3 Å². The number of benzene rings is 3. The van der Waals surface area contributed by atoms with Crippen LogP contribution in [0.25, 0.3) is 0 Å². The molecule has 0 aliphatic carbocycles. The maximum absolute atomic E-state index is 14.9. The highest BCUT2D eigenvalue weighted by Crippen LogP contribution is 2.27. The molecule has 3 aromatic carbocycles. The first kappa shape index (κ1) is 22.3. The van der Waals surface area contributed by atoms with Crippen molar-refractivity contribution in [3.63, 3.8) is 0 Å². The standard InChI is InChI=1S/C23H23FN2O4S/c1-30-18-12-10-17(11-13-18)14-15-25-22(27)16-26-20-8-5-9-21(23(20)24)31(28,29)19-6-3-2-4-7-19/h2-13,26H,14-16H2,1H3,(H,25,27). The van der Waals surface area contributed by atoms with Crippen molar-refractivity contribution in [1.82, 2.24) is 5.32 Å². The number of sulfone groups is 1. The van der Waals surface area contributed by atoms with Gasteiger partial charge in [0.1, 0.15) is 10.6 Å². The minimum absolute atomic E-state index is 0.00215. The molecule has 1 amide bonds. The maximum Gasteiger partial charge on any atom is 0.239 e. The predicted octanol–water partition coefficient (Wildman–Crippen LogP) is 3.44. The minimum atomic E-state index is -4.01. The van der Waals surface area contributed by atoms with E-state index in [1.807, 2.05) is 24.3 Å². The van der Waals surface area contributed by atoms with Crippen LogP contribution >= 0.6 is 0 Å². The summed E-state index contributed by atoms with van der Waals surface area (Å²) in [7, 11) is -2.41. The molecule has 0 aromatic heterocycles. The Kier molecular flexibility index (Phi) is 7.25. The highest BCUT2D eigenvalue weighted by Gasteiger charge is 2.23. The average Bonchev–Trinajstić information content (AvgIpc) is 2.79. The van der Waals surface area contributed by atoms with Crippen molar-refractivity contribution in [2.24, 2.45) is 0 Å². The van der Waals surface area contributed by atoms with Crippen LogP contribution in [-0.2, 0) is 21.1 Å². The highest BCUT2D eigenvalue weighted by atomic mass is 32.2. The summed E-state index contributed by atoms with van der Waals surface area (Å²) < 4.78 is 45.4. The highest BCUT2D eigenvalue weighted by molar-refractivity contribution is 7.91. The second kappa shape index (κ2) is 10.1. The summed E-state index contributed by atoms with van der Waals surface area (Å²) in [5.74, 6) is -0.489. The van der Waals surface area contributed by atoms with Gasteiger partial charge in [-0.05, 0) is 48.4 Å². The quantitative estimate of drug-likeness (QED) is 0.530. The van der Waals surface area contributed by atoms with E-state index < -0.39 is 20.5 Å². The van der Waals surface area contributed by atoms with Crippen LogP contribution in [0.3, 0.4) is 0 Å². The molecular weight excluding hydrogens is 419 g/mol. The first-order chi connectivity index (χ1) is 14.9. The molecule has 0 aliphatic heterocycles. The van der Waals surface area contributed by atoms with E-state index in [-0.39, 0.29) is 23.0 Å². The summed E-state index contributed by atoms with van der Waals surface area (Å²) in [5.41, 5.74) is 0.987. The third-order valence-corrected chi connectivity index (χ3v) is 6.43. The molecule has 3 rings (SSSR count). The van der Waals surface area contributed by atoms with Crippen LogP contribution < -0.4 is 15.4 Å². The Morgan fingerprint density at radius 3 is 2.35 bits per heavy atom. The molecule has 162 valence electrons. The number of carbonyl (C=O) groups is 1. The van der Waals surface area contributed by atoms with Gasteiger partial charge in [-0.15, -0.1) is 0 Å². The molecule has 0 saturated carbocycles. The molecule has 0 heterocycles. The van der Waals surface area contributed by atoms with Gasteiger partial charge in [0.25, 0.3) is 0 Å². The van der Waals surface area contributed by atoms with Gasteiger partial charge in [-0.2, -0.15) is 0 Å². The van der Waals surface area contributed by atoms with Gasteiger partial charge < -0.3 is 15.4 Å². The summed E-state index contributed by atoms with van der Waals surface area (Å²) in [4.78, 5) is 11.6. The number of rotatable bonds is 9. The summed E-state index contributed by atoms with van der Waals surface area (Å²) in [6, 6.07) is 19.2. The average molecular weight is 443 g/mol. The van der Waals surface area contributed by atoms with Crippen molar-refractivity contribution in [3.05, 3.63) is 84.2 Å². The SMILES string of the molecule is COc1ccc(CCNC(=O)CNc2cccc(S(=O)(=O)c3ccccc3)c2F)cc1. The zero-order chi connectivity index (χ0) is 22.3. The number of hydrogen-bond acceptors (Lipinski definition) is 5. The molecule has 0 spiro atoms. The van der Waals surface area contributed by atoms with E-state index in [4.69, 9.17) is 4.74 Å². The normalized spacial score (nSPS) is 11.0. The number of ether oxygens (including phenoxy) is 1. The zero-order valence-corrected chi connectivity index (χ0v) is 17.8.